The Balaban J connectivity index is 1.49. The topological polar surface area (TPSA) is 92.6 Å². The van der Waals surface area contributed by atoms with Crippen molar-refractivity contribution in [1.82, 2.24) is 10.2 Å². The maximum Gasteiger partial charge on any atom is 0.301 e. The van der Waals surface area contributed by atoms with Crippen molar-refractivity contribution in [2.45, 2.75) is 35.9 Å². The number of carbonyl (C=O) groups excluding carboxylic acids is 2. The molecule has 1 unspecified atom stereocenters. The average Bonchev–Trinajstić information content (AvgIpc) is 3.54. The molecule has 1 fully saturated rings. The molecule has 3 aromatic carbocycles. The van der Waals surface area contributed by atoms with Gasteiger partial charge in [0, 0.05) is 15.8 Å². The van der Waals surface area contributed by atoms with Crippen molar-refractivity contribution in [2.24, 2.45) is 0 Å². The van der Waals surface area contributed by atoms with Crippen LogP contribution < -0.4 is 9.64 Å². The van der Waals surface area contributed by atoms with Gasteiger partial charge in [-0.1, -0.05) is 94.8 Å². The predicted octanol–water partition coefficient (Wildman–Crippen LogP) is 7.40. The lowest BCUT2D eigenvalue weighted by atomic mass is 9.95. The van der Waals surface area contributed by atoms with E-state index in [0.29, 0.717) is 38.7 Å². The summed E-state index contributed by atoms with van der Waals surface area (Å²) in [4.78, 5) is 28.2. The molecule has 1 aliphatic heterocycles. The van der Waals surface area contributed by atoms with E-state index >= 15 is 0 Å². The number of carbonyl (C=O) groups is 2. The van der Waals surface area contributed by atoms with Gasteiger partial charge in [0.15, 0.2) is 4.34 Å². The monoisotopic (exact) mass is 635 g/mol. The van der Waals surface area contributed by atoms with E-state index in [1.807, 2.05) is 54.6 Å². The summed E-state index contributed by atoms with van der Waals surface area (Å²) in [5.41, 5.74) is 2.21. The Morgan fingerprint density at radius 2 is 1.82 bits per heavy atom. The first kappa shape index (κ1) is 28.1. The highest BCUT2D eigenvalue weighted by atomic mass is 79.9. The Hall–Kier alpha value is -3.47. The zero-order chi connectivity index (χ0) is 28.1. The van der Waals surface area contributed by atoms with Crippen LogP contribution in [-0.4, -0.2) is 33.6 Å². The summed E-state index contributed by atoms with van der Waals surface area (Å²) in [5, 5.41) is 20.2. The molecule has 10 heteroatoms. The minimum Gasteiger partial charge on any atom is -0.507 e. The molecule has 1 amide bonds. The highest BCUT2D eigenvalue weighted by Crippen LogP contribution is 2.44. The zero-order valence-electron chi connectivity index (χ0n) is 21.6. The fraction of sp³-hybridized carbons (Fsp3) is 0.200. The highest BCUT2D eigenvalue weighted by molar-refractivity contribution is 9.10. The number of halogens is 1. The van der Waals surface area contributed by atoms with Crippen LogP contribution in [0.4, 0.5) is 5.13 Å². The predicted molar refractivity (Wildman–Crippen MR) is 162 cm³/mol. The third-order valence-corrected chi connectivity index (χ3v) is 8.93. The van der Waals surface area contributed by atoms with Crippen molar-refractivity contribution in [1.29, 1.82) is 0 Å². The summed E-state index contributed by atoms with van der Waals surface area (Å²) in [6.07, 6.45) is 1.96. The largest absolute Gasteiger partial charge is 0.507 e. The average molecular weight is 637 g/mol. The molecule has 5 rings (SSSR count). The number of aliphatic hydroxyl groups is 1. The van der Waals surface area contributed by atoms with E-state index in [0.717, 1.165) is 22.9 Å². The lowest BCUT2D eigenvalue weighted by Crippen LogP contribution is -2.29. The second kappa shape index (κ2) is 12.8. The number of nitrogens with zero attached hydrogens (tertiary/aromatic N) is 3. The van der Waals surface area contributed by atoms with Crippen molar-refractivity contribution < 1.29 is 19.4 Å². The van der Waals surface area contributed by atoms with Gasteiger partial charge in [0.05, 0.1) is 18.2 Å². The molecular formula is C30H26BrN3O4S2. The Labute approximate surface area is 249 Å². The van der Waals surface area contributed by atoms with Crippen LogP contribution in [0.25, 0.3) is 5.76 Å². The number of ether oxygens (including phenoxy) is 1. The number of benzene rings is 3. The van der Waals surface area contributed by atoms with E-state index in [4.69, 9.17) is 4.74 Å². The first-order valence-corrected chi connectivity index (χ1v) is 15.4. The van der Waals surface area contributed by atoms with Gasteiger partial charge in [-0.3, -0.25) is 14.5 Å². The molecule has 4 aromatic rings. The molecule has 0 saturated carbocycles. The minimum atomic E-state index is -0.877. The maximum atomic E-state index is 13.4. The molecule has 40 heavy (non-hydrogen) atoms. The molecule has 0 bridgehead atoms. The van der Waals surface area contributed by atoms with Crippen LogP contribution in [-0.2, 0) is 15.3 Å². The molecule has 1 saturated heterocycles. The number of anilines is 1. The van der Waals surface area contributed by atoms with Gasteiger partial charge in [-0.25, -0.2) is 0 Å². The van der Waals surface area contributed by atoms with Crippen LogP contribution in [0.3, 0.4) is 0 Å². The number of hydrogen-bond donors (Lipinski definition) is 1. The van der Waals surface area contributed by atoms with Gasteiger partial charge >= 0.3 is 5.91 Å². The lowest BCUT2D eigenvalue weighted by Gasteiger charge is -2.22. The van der Waals surface area contributed by atoms with Crippen LogP contribution >= 0.6 is 39.0 Å². The summed E-state index contributed by atoms with van der Waals surface area (Å²) in [6, 6.07) is 23.3. The molecule has 7 nitrogen and oxygen atoms in total. The molecular weight excluding hydrogens is 610 g/mol. The van der Waals surface area contributed by atoms with Gasteiger partial charge in [-0.2, -0.15) is 0 Å². The van der Waals surface area contributed by atoms with Gasteiger partial charge in [0.1, 0.15) is 11.5 Å². The summed E-state index contributed by atoms with van der Waals surface area (Å²) in [6.45, 7) is 2.69. The van der Waals surface area contributed by atoms with Gasteiger partial charge in [0.2, 0.25) is 5.13 Å². The maximum absolute atomic E-state index is 13.4. The Morgan fingerprint density at radius 1 is 1.05 bits per heavy atom. The van der Waals surface area contributed by atoms with Crippen molar-refractivity contribution in [3.05, 3.63) is 106 Å². The Morgan fingerprint density at radius 3 is 2.55 bits per heavy atom. The lowest BCUT2D eigenvalue weighted by molar-refractivity contribution is -0.132. The number of thioether (sulfide) groups is 1. The van der Waals surface area contributed by atoms with Gasteiger partial charge in [0.25, 0.3) is 5.78 Å². The van der Waals surface area contributed by atoms with Gasteiger partial charge < -0.3 is 9.84 Å². The quantitative estimate of drug-likeness (QED) is 0.0485. The standard InChI is InChI=1S/C30H26BrN3O4S2/c1-2-3-16-38-23-14-12-20(13-15-23)26(35)24-25(21-10-7-11-22(31)17-21)34(28(37)27(24)36)29-32-33-30(40-29)39-18-19-8-5-4-6-9-19/h4-15,17,25,35H,2-3,16,18H2,1H3. The number of hydrogen-bond acceptors (Lipinski definition) is 8. The van der Waals surface area contributed by atoms with Crippen molar-refractivity contribution in [3.63, 3.8) is 0 Å². The molecule has 0 aliphatic carbocycles. The summed E-state index contributed by atoms with van der Waals surface area (Å²) in [5.74, 6) is -0.430. The third kappa shape index (κ3) is 6.14. The second-order valence-corrected chi connectivity index (χ2v) is 12.2. The molecule has 2 heterocycles. The van der Waals surface area contributed by atoms with Crippen molar-refractivity contribution in [3.8, 4) is 5.75 Å². The van der Waals surface area contributed by atoms with E-state index in [9.17, 15) is 14.7 Å². The highest BCUT2D eigenvalue weighted by Gasteiger charge is 2.48. The SMILES string of the molecule is CCCCOc1ccc(C(O)=C2C(=O)C(=O)N(c3nnc(SCc4ccccc4)s3)C2c2cccc(Br)c2)cc1. The van der Waals surface area contributed by atoms with Crippen LogP contribution in [0.5, 0.6) is 5.75 Å². The van der Waals surface area contributed by atoms with E-state index in [1.54, 1.807) is 24.3 Å². The fourth-order valence-electron chi connectivity index (χ4n) is 4.30. The van der Waals surface area contributed by atoms with Crippen molar-refractivity contribution >= 4 is 61.6 Å². The van der Waals surface area contributed by atoms with E-state index in [2.05, 4.69) is 33.1 Å². The molecule has 1 aliphatic rings. The van der Waals surface area contributed by atoms with Gasteiger partial charge in [-0.05, 0) is 53.9 Å². The summed E-state index contributed by atoms with van der Waals surface area (Å²) in [7, 11) is 0. The van der Waals surface area contributed by atoms with Crippen LogP contribution in [0.1, 0.15) is 42.5 Å². The molecule has 204 valence electrons. The smallest absolute Gasteiger partial charge is 0.301 e. The number of unbranched alkanes of at least 4 members (excludes halogenated alkanes) is 1. The van der Waals surface area contributed by atoms with Crippen LogP contribution in [0, 0.1) is 0 Å². The number of aromatic nitrogens is 2. The van der Waals surface area contributed by atoms with Crippen molar-refractivity contribution in [2.75, 3.05) is 11.5 Å². The Bertz CT molecular complexity index is 1540. The van der Waals surface area contributed by atoms with E-state index < -0.39 is 17.7 Å². The fourth-order valence-corrected chi connectivity index (χ4v) is 6.54. The number of rotatable bonds is 10. The van der Waals surface area contributed by atoms with Crippen LogP contribution in [0.15, 0.2) is 93.2 Å². The number of Topliss-reactive ketones (excluding diaryl/α,β-unsaturated/α-hetero) is 1. The van der Waals surface area contributed by atoms with Gasteiger partial charge in [-0.15, -0.1) is 10.2 Å². The third-order valence-electron chi connectivity index (χ3n) is 6.31. The molecule has 0 spiro atoms. The number of amides is 1. The molecule has 1 N–H and O–H groups in total. The summed E-state index contributed by atoms with van der Waals surface area (Å²) < 4.78 is 7.18. The Kier molecular flexibility index (Phi) is 8.98. The first-order chi connectivity index (χ1) is 19.5. The first-order valence-electron chi connectivity index (χ1n) is 12.8. The molecule has 0 radical (unpaired) electrons. The van der Waals surface area contributed by atoms with E-state index in [1.165, 1.54) is 28.0 Å². The summed E-state index contributed by atoms with van der Waals surface area (Å²) >= 11 is 6.24. The second-order valence-electron chi connectivity index (χ2n) is 9.08. The van der Waals surface area contributed by atoms with E-state index in [-0.39, 0.29) is 11.3 Å². The minimum absolute atomic E-state index is 0.00330. The zero-order valence-corrected chi connectivity index (χ0v) is 24.8. The number of ketones is 1. The normalized spacial score (nSPS) is 16.4. The number of aliphatic hydroxyl groups excluding tert-OH is 1. The molecule has 1 atom stereocenters. The molecule has 1 aromatic heterocycles. The van der Waals surface area contributed by atoms with Crippen LogP contribution in [0.2, 0.25) is 0 Å².